The highest BCUT2D eigenvalue weighted by molar-refractivity contribution is 5.77. The Balaban J connectivity index is 4.62. The highest BCUT2D eigenvalue weighted by Gasteiger charge is 2.24. The van der Waals surface area contributed by atoms with E-state index < -0.39 is 18.2 Å². The molecule has 0 aliphatic carbocycles. The molecule has 0 aromatic carbocycles. The van der Waals surface area contributed by atoms with Gasteiger partial charge in [0.2, 0.25) is 5.91 Å². The normalized spacial score (nSPS) is 13.6. The van der Waals surface area contributed by atoms with Crippen LogP contribution >= 0.6 is 0 Å². The number of rotatable bonds is 41. The topological polar surface area (TPSA) is 95.9 Å². The predicted molar refractivity (Wildman–Crippen MR) is 232 cm³/mol. The summed E-state index contributed by atoms with van der Waals surface area (Å²) in [5.74, 6) is -0.504. The van der Waals surface area contributed by atoms with Crippen molar-refractivity contribution < 1.29 is 24.5 Å². The zero-order chi connectivity index (χ0) is 39.6. The van der Waals surface area contributed by atoms with Crippen molar-refractivity contribution in [2.45, 2.75) is 251 Å². The number of esters is 1. The van der Waals surface area contributed by atoms with Gasteiger partial charge in [-0.15, -0.1) is 0 Å². The summed E-state index contributed by atoms with van der Waals surface area (Å²) in [6, 6.07) is -0.706. The van der Waals surface area contributed by atoms with Gasteiger partial charge in [0.15, 0.2) is 0 Å². The fourth-order valence-corrected chi connectivity index (χ4v) is 6.89. The molecule has 1 amide bonds. The molecule has 6 nitrogen and oxygen atoms in total. The highest BCUT2D eigenvalue weighted by Crippen LogP contribution is 2.17. The van der Waals surface area contributed by atoms with E-state index in [0.29, 0.717) is 19.3 Å². The summed E-state index contributed by atoms with van der Waals surface area (Å²) in [5, 5.41) is 23.6. The smallest absolute Gasteiger partial charge is 0.306 e. The Hall–Kier alpha value is -1.92. The number of unbranched alkanes of at least 4 members (excludes halogenated alkanes) is 24. The minimum Gasteiger partial charge on any atom is -0.462 e. The monoisotopic (exact) mass is 760 g/mol. The second-order valence-electron chi connectivity index (χ2n) is 15.8. The van der Waals surface area contributed by atoms with E-state index >= 15 is 0 Å². The van der Waals surface area contributed by atoms with E-state index in [1.54, 1.807) is 0 Å². The molecule has 0 bridgehead atoms. The molecular weight excluding hydrogens is 671 g/mol. The van der Waals surface area contributed by atoms with Crippen LogP contribution in [-0.4, -0.2) is 46.9 Å². The summed E-state index contributed by atoms with van der Waals surface area (Å²) < 4.78 is 5.88. The molecule has 0 rings (SSSR count). The molecule has 316 valence electrons. The minimum atomic E-state index is -0.791. The van der Waals surface area contributed by atoms with Crippen molar-refractivity contribution in [1.82, 2.24) is 5.32 Å². The van der Waals surface area contributed by atoms with Gasteiger partial charge in [-0.2, -0.15) is 0 Å². The lowest BCUT2D eigenvalue weighted by Gasteiger charge is -2.24. The van der Waals surface area contributed by atoms with Crippen molar-refractivity contribution in [2.75, 3.05) is 6.61 Å². The standard InChI is InChI=1S/C48H89NO5/c1-4-7-10-13-16-19-22-24-25-27-30-33-36-39-44(54-48(53)41-38-35-32-29-21-18-15-12-9-6-3)42-47(52)49-45(43-50)46(51)40-37-34-31-28-26-23-20-17-14-11-8-5-2/h12,15-16,19,22,24,44-46,50-51H,4-11,13-14,17-18,20-21,23,25-43H2,1-3H3,(H,49,52)/b15-12-,19-16+,24-22+. The molecule has 0 fully saturated rings. The zero-order valence-electron chi connectivity index (χ0n) is 35.9. The molecule has 54 heavy (non-hydrogen) atoms. The van der Waals surface area contributed by atoms with Crippen molar-refractivity contribution in [1.29, 1.82) is 0 Å². The van der Waals surface area contributed by atoms with Crippen molar-refractivity contribution in [2.24, 2.45) is 0 Å². The molecule has 0 aromatic rings. The van der Waals surface area contributed by atoms with Gasteiger partial charge in [0.25, 0.3) is 0 Å². The van der Waals surface area contributed by atoms with Gasteiger partial charge in [-0.25, -0.2) is 0 Å². The number of hydrogen-bond donors (Lipinski definition) is 3. The van der Waals surface area contributed by atoms with E-state index in [0.717, 1.165) is 89.9 Å². The van der Waals surface area contributed by atoms with E-state index in [9.17, 15) is 19.8 Å². The largest absolute Gasteiger partial charge is 0.462 e. The number of aliphatic hydroxyl groups is 2. The summed E-state index contributed by atoms with van der Waals surface area (Å²) in [6.45, 7) is 6.37. The molecular formula is C48H89NO5. The molecule has 3 atom stereocenters. The highest BCUT2D eigenvalue weighted by atomic mass is 16.5. The number of carbonyl (C=O) groups excluding carboxylic acids is 2. The van der Waals surface area contributed by atoms with Gasteiger partial charge in [0.1, 0.15) is 6.10 Å². The first-order valence-corrected chi connectivity index (χ1v) is 23.2. The lowest BCUT2D eigenvalue weighted by molar-refractivity contribution is -0.151. The molecule has 0 heterocycles. The Kier molecular flexibility index (Phi) is 40.7. The van der Waals surface area contributed by atoms with Crippen LogP contribution in [-0.2, 0) is 14.3 Å². The van der Waals surface area contributed by atoms with Gasteiger partial charge in [0.05, 0.1) is 25.2 Å². The maximum Gasteiger partial charge on any atom is 0.306 e. The molecule has 0 aliphatic heterocycles. The van der Waals surface area contributed by atoms with Crippen LogP contribution in [0.5, 0.6) is 0 Å². The molecule has 0 saturated heterocycles. The van der Waals surface area contributed by atoms with Gasteiger partial charge >= 0.3 is 5.97 Å². The number of carbonyl (C=O) groups is 2. The fourth-order valence-electron chi connectivity index (χ4n) is 6.89. The second-order valence-corrected chi connectivity index (χ2v) is 15.8. The number of nitrogens with one attached hydrogen (secondary N) is 1. The number of allylic oxidation sites excluding steroid dienone is 6. The maximum atomic E-state index is 13.1. The summed E-state index contributed by atoms with van der Waals surface area (Å²) >= 11 is 0. The van der Waals surface area contributed by atoms with Crippen molar-refractivity contribution >= 4 is 11.9 Å². The molecule has 0 aromatic heterocycles. The molecule has 3 unspecified atom stereocenters. The second kappa shape index (κ2) is 42.2. The van der Waals surface area contributed by atoms with Gasteiger partial charge < -0.3 is 20.3 Å². The number of aliphatic hydroxyl groups excluding tert-OH is 2. The summed E-state index contributed by atoms with van der Waals surface area (Å²) in [5.41, 5.74) is 0. The molecule has 0 aliphatic rings. The zero-order valence-corrected chi connectivity index (χ0v) is 35.9. The lowest BCUT2D eigenvalue weighted by atomic mass is 10.0. The third-order valence-electron chi connectivity index (χ3n) is 10.5. The molecule has 0 saturated carbocycles. The van der Waals surface area contributed by atoms with Gasteiger partial charge in [0, 0.05) is 6.42 Å². The minimum absolute atomic E-state index is 0.0619. The average molecular weight is 760 g/mol. The lowest BCUT2D eigenvalue weighted by Crippen LogP contribution is -2.46. The third-order valence-corrected chi connectivity index (χ3v) is 10.5. The van der Waals surface area contributed by atoms with Crippen molar-refractivity contribution in [3.63, 3.8) is 0 Å². The van der Waals surface area contributed by atoms with Gasteiger partial charge in [-0.05, 0) is 70.6 Å². The SMILES string of the molecule is CCC/C=C\CCCCCCCC(=O)OC(CCCCCC/C=C/C=C/CCCCC)CC(=O)NC(CO)C(O)CCCCCCCCCCCCCC. The predicted octanol–water partition coefficient (Wildman–Crippen LogP) is 13.3. The van der Waals surface area contributed by atoms with Crippen LogP contribution in [0.1, 0.15) is 233 Å². The molecule has 0 radical (unpaired) electrons. The first kappa shape index (κ1) is 52.1. The Morgan fingerprint density at radius 2 is 0.981 bits per heavy atom. The maximum absolute atomic E-state index is 13.1. The van der Waals surface area contributed by atoms with Gasteiger partial charge in [-0.1, -0.05) is 186 Å². The third kappa shape index (κ3) is 37.0. The van der Waals surface area contributed by atoms with Crippen LogP contribution in [0, 0.1) is 0 Å². The van der Waals surface area contributed by atoms with Crippen molar-refractivity contribution in [3.05, 3.63) is 36.5 Å². The van der Waals surface area contributed by atoms with E-state index in [4.69, 9.17) is 4.74 Å². The van der Waals surface area contributed by atoms with Crippen LogP contribution in [0.25, 0.3) is 0 Å². The summed E-state index contributed by atoms with van der Waals surface area (Å²) in [7, 11) is 0. The number of ether oxygens (including phenoxy) is 1. The number of hydrogen-bond acceptors (Lipinski definition) is 5. The van der Waals surface area contributed by atoms with Crippen LogP contribution in [0.4, 0.5) is 0 Å². The Labute approximate surface area is 334 Å². The van der Waals surface area contributed by atoms with E-state index in [1.807, 2.05) is 0 Å². The molecule has 6 heteroatoms. The van der Waals surface area contributed by atoms with Crippen LogP contribution < -0.4 is 5.32 Å². The Morgan fingerprint density at radius 1 is 0.537 bits per heavy atom. The van der Waals surface area contributed by atoms with Crippen molar-refractivity contribution in [3.8, 4) is 0 Å². The first-order valence-electron chi connectivity index (χ1n) is 23.2. The van der Waals surface area contributed by atoms with E-state index in [2.05, 4.69) is 62.5 Å². The first-order chi connectivity index (χ1) is 26.5. The summed E-state index contributed by atoms with van der Waals surface area (Å²) in [4.78, 5) is 25.9. The van der Waals surface area contributed by atoms with Crippen LogP contribution in [0.2, 0.25) is 0 Å². The van der Waals surface area contributed by atoms with Crippen LogP contribution in [0.3, 0.4) is 0 Å². The molecule has 3 N–H and O–H groups in total. The average Bonchev–Trinajstić information content (AvgIpc) is 3.16. The van der Waals surface area contributed by atoms with E-state index in [-0.39, 0.29) is 24.9 Å². The number of amides is 1. The summed E-state index contributed by atoms with van der Waals surface area (Å²) in [6.07, 6.45) is 47.7. The van der Waals surface area contributed by atoms with Crippen LogP contribution in [0.15, 0.2) is 36.5 Å². The Bertz CT molecular complexity index is 900. The molecule has 0 spiro atoms. The quantitative estimate of drug-likeness (QED) is 0.0250. The fraction of sp³-hybridized carbons (Fsp3) is 0.833. The van der Waals surface area contributed by atoms with E-state index in [1.165, 1.54) is 96.3 Å². The Morgan fingerprint density at radius 3 is 1.54 bits per heavy atom. The van der Waals surface area contributed by atoms with Gasteiger partial charge in [-0.3, -0.25) is 9.59 Å².